The third-order valence-corrected chi connectivity index (χ3v) is 6.48. The first-order valence-electron chi connectivity index (χ1n) is 7.00. The average molecular weight is 311 g/mol. The van der Waals surface area contributed by atoms with E-state index in [1.54, 1.807) is 0 Å². The van der Waals surface area contributed by atoms with Gasteiger partial charge in [0.2, 0.25) is 0 Å². The van der Waals surface area contributed by atoms with Gasteiger partial charge in [0.25, 0.3) is 5.91 Å². The minimum atomic E-state index is -0.397. The third-order valence-electron chi connectivity index (χ3n) is 3.89. The van der Waals surface area contributed by atoms with Crippen molar-refractivity contribution in [2.24, 2.45) is 5.73 Å². The number of anilines is 2. The van der Waals surface area contributed by atoms with Crippen molar-refractivity contribution in [3.63, 3.8) is 0 Å². The summed E-state index contributed by atoms with van der Waals surface area (Å²) in [5, 5.41) is 1.19. The van der Waals surface area contributed by atoms with Crippen molar-refractivity contribution >= 4 is 39.7 Å². The van der Waals surface area contributed by atoms with Crippen molar-refractivity contribution in [2.75, 3.05) is 29.5 Å². The predicted molar refractivity (Wildman–Crippen MR) is 88.0 cm³/mol. The van der Waals surface area contributed by atoms with Crippen molar-refractivity contribution in [1.29, 1.82) is 0 Å². The van der Waals surface area contributed by atoms with E-state index in [4.69, 9.17) is 11.5 Å². The largest absolute Gasteiger partial charge is 0.397 e. The van der Waals surface area contributed by atoms with Gasteiger partial charge in [-0.2, -0.15) is 11.8 Å². The number of thioether (sulfide) groups is 1. The van der Waals surface area contributed by atoms with E-state index in [0.717, 1.165) is 18.8 Å². The summed E-state index contributed by atoms with van der Waals surface area (Å²) in [6, 6.07) is 0. The highest BCUT2D eigenvalue weighted by atomic mass is 32.2. The molecule has 0 bridgehead atoms. The first-order valence-corrected chi connectivity index (χ1v) is 8.80. The molecule has 4 nitrogen and oxygen atoms in total. The van der Waals surface area contributed by atoms with E-state index in [1.807, 2.05) is 11.8 Å². The summed E-state index contributed by atoms with van der Waals surface area (Å²) in [7, 11) is 0. The van der Waals surface area contributed by atoms with Gasteiger partial charge in [0.15, 0.2) is 0 Å². The van der Waals surface area contributed by atoms with E-state index in [0.29, 0.717) is 16.5 Å². The number of carbonyl (C=O) groups is 1. The topological polar surface area (TPSA) is 72.3 Å². The fourth-order valence-corrected chi connectivity index (χ4v) is 5.12. The van der Waals surface area contributed by atoms with Crippen molar-refractivity contribution < 1.29 is 4.79 Å². The molecule has 3 rings (SSSR count). The predicted octanol–water partition coefficient (Wildman–Crippen LogP) is 2.64. The van der Waals surface area contributed by atoms with Crippen LogP contribution in [0.1, 0.15) is 47.8 Å². The van der Waals surface area contributed by atoms with Crippen molar-refractivity contribution in [3.8, 4) is 0 Å². The number of carbonyl (C=O) groups excluding carboxylic acids is 1. The minimum Gasteiger partial charge on any atom is -0.397 e. The molecule has 1 aliphatic carbocycles. The average Bonchev–Trinajstić information content (AvgIpc) is 3.11. The van der Waals surface area contributed by atoms with Crippen LogP contribution in [0.5, 0.6) is 0 Å². The molecule has 110 valence electrons. The second-order valence-corrected chi connectivity index (χ2v) is 9.03. The minimum absolute atomic E-state index is 0.241. The molecule has 1 amide bonds. The maximum absolute atomic E-state index is 11.6. The van der Waals surface area contributed by atoms with Gasteiger partial charge in [-0.05, 0) is 32.6 Å². The second kappa shape index (κ2) is 4.84. The van der Waals surface area contributed by atoms with Gasteiger partial charge in [0.05, 0.1) is 10.7 Å². The number of amides is 1. The number of nitrogens with zero attached hydrogens (tertiary/aromatic N) is 1. The Labute approximate surface area is 127 Å². The van der Waals surface area contributed by atoms with Gasteiger partial charge < -0.3 is 16.4 Å². The van der Waals surface area contributed by atoms with Gasteiger partial charge in [-0.15, -0.1) is 11.3 Å². The zero-order valence-corrected chi connectivity index (χ0v) is 13.6. The van der Waals surface area contributed by atoms with Crippen LogP contribution >= 0.6 is 23.1 Å². The van der Waals surface area contributed by atoms with Crippen LogP contribution in [-0.4, -0.2) is 29.5 Å². The molecular formula is C14H21N3OS2. The molecule has 0 atom stereocenters. The van der Waals surface area contributed by atoms with E-state index in [-0.39, 0.29) is 4.75 Å². The van der Waals surface area contributed by atoms with Gasteiger partial charge in [0.1, 0.15) is 4.88 Å². The summed E-state index contributed by atoms with van der Waals surface area (Å²) >= 11 is 3.49. The number of nitrogens with two attached hydrogens (primary N) is 2. The Morgan fingerprint density at radius 3 is 2.65 bits per heavy atom. The summed E-state index contributed by atoms with van der Waals surface area (Å²) < 4.78 is 0.241. The van der Waals surface area contributed by atoms with Gasteiger partial charge in [-0.25, -0.2) is 0 Å². The fraction of sp³-hybridized carbons (Fsp3) is 0.643. The maximum Gasteiger partial charge on any atom is 0.260 e. The number of primary amides is 1. The Morgan fingerprint density at radius 2 is 2.10 bits per heavy atom. The van der Waals surface area contributed by atoms with E-state index < -0.39 is 5.91 Å². The van der Waals surface area contributed by atoms with Gasteiger partial charge >= 0.3 is 0 Å². The monoisotopic (exact) mass is 311 g/mol. The number of nitrogen functional groups attached to an aromatic ring is 1. The molecule has 4 N–H and O–H groups in total. The van der Waals surface area contributed by atoms with Crippen LogP contribution in [0.3, 0.4) is 0 Å². The third kappa shape index (κ3) is 2.51. The Morgan fingerprint density at radius 1 is 1.40 bits per heavy atom. The highest BCUT2D eigenvalue weighted by Gasteiger charge is 2.36. The van der Waals surface area contributed by atoms with E-state index in [1.165, 1.54) is 34.7 Å². The second-order valence-electron chi connectivity index (χ2n) is 6.23. The van der Waals surface area contributed by atoms with Gasteiger partial charge in [-0.3, -0.25) is 4.79 Å². The maximum atomic E-state index is 11.6. The van der Waals surface area contributed by atoms with Gasteiger partial charge in [0, 0.05) is 29.2 Å². The Balaban J connectivity index is 1.99. The molecule has 1 saturated carbocycles. The first kappa shape index (κ1) is 14.1. The van der Waals surface area contributed by atoms with Crippen LogP contribution in [0.4, 0.5) is 10.7 Å². The molecule has 2 aliphatic rings. The molecule has 1 aromatic heterocycles. The molecule has 1 aromatic rings. The van der Waals surface area contributed by atoms with Crippen molar-refractivity contribution in [3.05, 3.63) is 10.4 Å². The molecule has 0 unspecified atom stereocenters. The first-order chi connectivity index (χ1) is 9.39. The highest BCUT2D eigenvalue weighted by molar-refractivity contribution is 8.00. The molecule has 0 spiro atoms. The lowest BCUT2D eigenvalue weighted by Crippen LogP contribution is -2.43. The van der Waals surface area contributed by atoms with E-state index in [2.05, 4.69) is 18.7 Å². The molecule has 20 heavy (non-hydrogen) atoms. The quantitative estimate of drug-likeness (QED) is 0.900. The molecule has 1 saturated heterocycles. The number of hydrogen-bond acceptors (Lipinski definition) is 5. The smallest absolute Gasteiger partial charge is 0.260 e. The Kier molecular flexibility index (Phi) is 3.41. The van der Waals surface area contributed by atoms with Gasteiger partial charge in [-0.1, -0.05) is 0 Å². The summed E-state index contributed by atoms with van der Waals surface area (Å²) in [6.07, 6.45) is 2.36. The number of hydrogen-bond donors (Lipinski definition) is 2. The zero-order valence-electron chi connectivity index (χ0n) is 11.9. The summed E-state index contributed by atoms with van der Waals surface area (Å²) in [4.78, 5) is 14.5. The summed E-state index contributed by atoms with van der Waals surface area (Å²) in [6.45, 7) is 6.56. The normalized spacial score (nSPS) is 22.0. The molecule has 6 heteroatoms. The van der Waals surface area contributed by atoms with E-state index in [9.17, 15) is 4.79 Å². The van der Waals surface area contributed by atoms with Crippen LogP contribution < -0.4 is 16.4 Å². The van der Waals surface area contributed by atoms with Crippen molar-refractivity contribution in [1.82, 2.24) is 0 Å². The van der Waals surface area contributed by atoms with Crippen LogP contribution in [-0.2, 0) is 0 Å². The zero-order chi connectivity index (χ0) is 14.5. The summed E-state index contributed by atoms with van der Waals surface area (Å²) in [5.41, 5.74) is 13.5. The van der Waals surface area contributed by atoms with Crippen molar-refractivity contribution in [2.45, 2.75) is 37.4 Å². The fourth-order valence-electron chi connectivity index (χ4n) is 2.82. The number of thiophene rings is 1. The van der Waals surface area contributed by atoms with E-state index >= 15 is 0 Å². The molecule has 2 fully saturated rings. The molecule has 0 radical (unpaired) electrons. The molecule has 2 heterocycles. The van der Waals surface area contributed by atoms with Crippen LogP contribution in [0.25, 0.3) is 0 Å². The standard InChI is InChI=1S/C14H21N3OS2/c1-14(2)7-17(5-6-19-14)13-9(8-3-4-8)10(15)11(20-13)12(16)18/h8H,3-7,15H2,1-2H3,(H2,16,18). The SMILES string of the molecule is CC1(C)CN(c2sc(C(N)=O)c(N)c2C2CC2)CCS1. The molecular weight excluding hydrogens is 290 g/mol. The lowest BCUT2D eigenvalue weighted by molar-refractivity contribution is 0.100. The Bertz CT molecular complexity index is 549. The summed E-state index contributed by atoms with van der Waals surface area (Å²) in [5.74, 6) is 1.25. The highest BCUT2D eigenvalue weighted by Crippen LogP contribution is 2.52. The number of rotatable bonds is 3. The lowest BCUT2D eigenvalue weighted by Gasteiger charge is -2.38. The molecule has 1 aliphatic heterocycles. The lowest BCUT2D eigenvalue weighted by atomic mass is 10.1. The van der Waals surface area contributed by atoms with Crippen LogP contribution in [0.15, 0.2) is 0 Å². The molecule has 0 aromatic carbocycles. The van der Waals surface area contributed by atoms with Crippen LogP contribution in [0, 0.1) is 0 Å². The Hall–Kier alpha value is -0.880. The van der Waals surface area contributed by atoms with Crippen LogP contribution in [0.2, 0.25) is 0 Å².